The first kappa shape index (κ1) is 24.2. The average molecular weight is 414 g/mol. The number of likely N-dealkylation sites (N-methyl/N-ethyl adjacent to an activating group) is 1. The molecule has 1 aliphatic heterocycles. The largest absolute Gasteiger partial charge is 0.480 e. The Labute approximate surface area is 169 Å². The molecular weight excluding hydrogens is 384 g/mol. The van der Waals surface area contributed by atoms with E-state index in [1.807, 2.05) is 6.92 Å². The smallest absolute Gasteiger partial charge is 0.408 e. The molecule has 0 aromatic carbocycles. The van der Waals surface area contributed by atoms with E-state index in [0.717, 1.165) is 4.90 Å². The monoisotopic (exact) mass is 414 g/mol. The lowest BCUT2D eigenvalue weighted by Gasteiger charge is -2.26. The van der Waals surface area contributed by atoms with Gasteiger partial charge in [0.15, 0.2) is 6.04 Å². The summed E-state index contributed by atoms with van der Waals surface area (Å²) in [6.45, 7) is 7.94. The van der Waals surface area contributed by atoms with Crippen LogP contribution in [0.5, 0.6) is 0 Å². The van der Waals surface area contributed by atoms with Gasteiger partial charge in [0.2, 0.25) is 5.91 Å². The lowest BCUT2D eigenvalue weighted by molar-refractivity contribution is -0.146. The van der Waals surface area contributed by atoms with E-state index in [9.17, 15) is 29.1 Å². The van der Waals surface area contributed by atoms with Crippen LogP contribution in [-0.4, -0.2) is 82.6 Å². The number of nitrogens with zero attached hydrogens (tertiary/aromatic N) is 2. The molecule has 0 spiro atoms. The molecule has 1 aliphatic rings. The molecule has 5 amide bonds. The first-order valence-electron chi connectivity index (χ1n) is 9.35. The Morgan fingerprint density at radius 1 is 1.28 bits per heavy atom. The fourth-order valence-electron chi connectivity index (χ4n) is 2.70. The predicted molar refractivity (Wildman–Crippen MR) is 102 cm³/mol. The van der Waals surface area contributed by atoms with E-state index in [0.29, 0.717) is 11.3 Å². The Balaban J connectivity index is 2.79. The molecular formula is C18H30N4O7. The summed E-state index contributed by atoms with van der Waals surface area (Å²) in [4.78, 5) is 62.1. The minimum absolute atomic E-state index is 0.135. The average Bonchev–Trinajstić information content (AvgIpc) is 2.90. The maximum Gasteiger partial charge on any atom is 0.408 e. The zero-order valence-corrected chi connectivity index (χ0v) is 17.6. The maximum atomic E-state index is 12.6. The molecule has 0 bridgehead atoms. The van der Waals surface area contributed by atoms with E-state index in [-0.39, 0.29) is 12.5 Å². The standard InChI is InChI=1S/C18H30N4O7/c1-7-10(2)13(20-16(27)29-18(3,4)5)14(24)19-8-12(23)22-11(15(25)26)9-21(6)17(22)28/h10-11,13H,7-9H2,1-6H3,(H,19,24)(H,20,27)(H,25,26). The van der Waals surface area contributed by atoms with E-state index < -0.39 is 54.1 Å². The summed E-state index contributed by atoms with van der Waals surface area (Å²) >= 11 is 0. The third kappa shape index (κ3) is 6.61. The number of carbonyl (C=O) groups excluding carboxylic acids is 4. The van der Waals surface area contributed by atoms with Crippen LogP contribution in [0.15, 0.2) is 0 Å². The highest BCUT2D eigenvalue weighted by Crippen LogP contribution is 2.15. The Morgan fingerprint density at radius 2 is 1.86 bits per heavy atom. The summed E-state index contributed by atoms with van der Waals surface area (Å²) in [5.41, 5.74) is -0.746. The van der Waals surface area contributed by atoms with Gasteiger partial charge in [0.25, 0.3) is 5.91 Å². The van der Waals surface area contributed by atoms with Gasteiger partial charge in [0.05, 0.1) is 13.1 Å². The van der Waals surface area contributed by atoms with E-state index in [2.05, 4.69) is 10.6 Å². The second kappa shape index (κ2) is 9.57. The summed E-state index contributed by atoms with van der Waals surface area (Å²) in [6.07, 6.45) is -0.204. The highest BCUT2D eigenvalue weighted by molar-refractivity contribution is 6.02. The minimum atomic E-state index is -1.32. The van der Waals surface area contributed by atoms with Gasteiger partial charge < -0.3 is 25.4 Å². The lowest BCUT2D eigenvalue weighted by atomic mass is 9.98. The van der Waals surface area contributed by atoms with E-state index in [1.54, 1.807) is 27.7 Å². The molecule has 3 unspecified atom stereocenters. The van der Waals surface area contributed by atoms with Gasteiger partial charge in [-0.1, -0.05) is 20.3 Å². The van der Waals surface area contributed by atoms with Crippen LogP contribution in [0.3, 0.4) is 0 Å². The van der Waals surface area contributed by atoms with Gasteiger partial charge in [-0.25, -0.2) is 19.3 Å². The summed E-state index contributed by atoms with van der Waals surface area (Å²) in [7, 11) is 1.38. The Bertz CT molecular complexity index is 674. The molecule has 0 saturated carbocycles. The first-order valence-corrected chi connectivity index (χ1v) is 9.35. The quantitative estimate of drug-likeness (QED) is 0.546. The topological polar surface area (TPSA) is 145 Å². The highest BCUT2D eigenvalue weighted by atomic mass is 16.6. The molecule has 29 heavy (non-hydrogen) atoms. The lowest BCUT2D eigenvalue weighted by Crippen LogP contribution is -2.54. The molecule has 0 radical (unpaired) electrons. The van der Waals surface area contributed by atoms with Gasteiger partial charge >= 0.3 is 18.1 Å². The van der Waals surface area contributed by atoms with Crippen LogP contribution in [0.25, 0.3) is 0 Å². The van der Waals surface area contributed by atoms with E-state index >= 15 is 0 Å². The van der Waals surface area contributed by atoms with Crippen LogP contribution >= 0.6 is 0 Å². The summed E-state index contributed by atoms with van der Waals surface area (Å²) in [6, 6.07) is -3.03. The molecule has 1 saturated heterocycles. The molecule has 11 nitrogen and oxygen atoms in total. The third-order valence-electron chi connectivity index (χ3n) is 4.43. The number of carbonyl (C=O) groups is 5. The van der Waals surface area contributed by atoms with Crippen LogP contribution in [0.1, 0.15) is 41.0 Å². The van der Waals surface area contributed by atoms with Gasteiger partial charge in [-0.05, 0) is 26.7 Å². The Kier molecular flexibility index (Phi) is 7.98. The zero-order valence-electron chi connectivity index (χ0n) is 17.6. The summed E-state index contributed by atoms with van der Waals surface area (Å²) in [5.74, 6) is -3.05. The van der Waals surface area contributed by atoms with Gasteiger partial charge in [-0.3, -0.25) is 9.59 Å². The normalized spacial score (nSPS) is 18.8. The van der Waals surface area contributed by atoms with Crippen LogP contribution in [-0.2, 0) is 19.1 Å². The van der Waals surface area contributed by atoms with Gasteiger partial charge in [-0.2, -0.15) is 0 Å². The molecule has 0 aromatic heterocycles. The fraction of sp³-hybridized carbons (Fsp3) is 0.722. The SMILES string of the molecule is CCC(C)C(NC(=O)OC(C)(C)C)C(=O)NCC(=O)N1C(=O)N(C)CC1C(=O)O. The predicted octanol–water partition coefficient (Wildman–Crippen LogP) is 0.389. The second-order valence-corrected chi connectivity index (χ2v) is 8.01. The number of imide groups is 1. The van der Waals surface area contributed by atoms with Crippen molar-refractivity contribution in [2.24, 2.45) is 5.92 Å². The summed E-state index contributed by atoms with van der Waals surface area (Å²) in [5, 5.41) is 14.1. The number of alkyl carbamates (subject to hydrolysis) is 1. The zero-order chi connectivity index (χ0) is 22.5. The molecule has 11 heteroatoms. The van der Waals surface area contributed by atoms with Crippen molar-refractivity contribution >= 4 is 29.9 Å². The molecule has 3 N–H and O–H groups in total. The molecule has 1 rings (SSSR count). The van der Waals surface area contributed by atoms with Crippen molar-refractivity contribution in [1.29, 1.82) is 0 Å². The number of rotatable bonds is 7. The number of hydrogen-bond donors (Lipinski definition) is 3. The van der Waals surface area contributed by atoms with Crippen molar-refractivity contribution in [2.75, 3.05) is 20.1 Å². The highest BCUT2D eigenvalue weighted by Gasteiger charge is 2.43. The molecule has 164 valence electrons. The minimum Gasteiger partial charge on any atom is -0.480 e. The third-order valence-corrected chi connectivity index (χ3v) is 4.43. The van der Waals surface area contributed by atoms with Crippen molar-refractivity contribution in [3.05, 3.63) is 0 Å². The second-order valence-electron chi connectivity index (χ2n) is 8.01. The van der Waals surface area contributed by atoms with E-state index in [4.69, 9.17) is 4.74 Å². The van der Waals surface area contributed by atoms with Crippen LogP contribution < -0.4 is 10.6 Å². The number of hydrogen-bond acceptors (Lipinski definition) is 6. The van der Waals surface area contributed by atoms with Crippen molar-refractivity contribution < 1.29 is 33.8 Å². The van der Waals surface area contributed by atoms with Gasteiger partial charge in [0.1, 0.15) is 11.6 Å². The number of aliphatic carboxylic acids is 1. The first-order chi connectivity index (χ1) is 13.3. The molecule has 0 aromatic rings. The number of nitrogens with one attached hydrogen (secondary N) is 2. The molecule has 3 atom stereocenters. The number of carboxylic acid groups (broad SMARTS) is 1. The van der Waals surface area contributed by atoms with Crippen LogP contribution in [0.4, 0.5) is 9.59 Å². The fourth-order valence-corrected chi connectivity index (χ4v) is 2.70. The summed E-state index contributed by atoms with van der Waals surface area (Å²) < 4.78 is 5.17. The molecule has 1 fully saturated rings. The number of carboxylic acids is 1. The Morgan fingerprint density at radius 3 is 2.34 bits per heavy atom. The van der Waals surface area contributed by atoms with Crippen LogP contribution in [0, 0.1) is 5.92 Å². The molecule has 0 aliphatic carbocycles. The van der Waals surface area contributed by atoms with Gasteiger partial charge in [0, 0.05) is 7.05 Å². The van der Waals surface area contributed by atoms with E-state index in [1.165, 1.54) is 7.05 Å². The molecule has 1 heterocycles. The van der Waals surface area contributed by atoms with Crippen molar-refractivity contribution in [1.82, 2.24) is 20.4 Å². The number of urea groups is 1. The maximum absolute atomic E-state index is 12.6. The van der Waals surface area contributed by atoms with Crippen molar-refractivity contribution in [3.63, 3.8) is 0 Å². The number of amides is 5. The van der Waals surface area contributed by atoms with Crippen molar-refractivity contribution in [2.45, 2.75) is 58.7 Å². The van der Waals surface area contributed by atoms with Crippen molar-refractivity contribution in [3.8, 4) is 0 Å². The number of ether oxygens (including phenoxy) is 1. The van der Waals surface area contributed by atoms with Gasteiger partial charge in [-0.15, -0.1) is 0 Å². The Hall–Kier alpha value is -2.85. The van der Waals surface area contributed by atoms with Crippen LogP contribution in [0.2, 0.25) is 0 Å².